The van der Waals surface area contributed by atoms with Crippen LogP contribution < -0.4 is 4.74 Å². The number of aryl methyl sites for hydroxylation is 1. The molecule has 2 amide bonds. The molecule has 0 spiro atoms. The second-order valence-electron chi connectivity index (χ2n) is 7.38. The van der Waals surface area contributed by atoms with Gasteiger partial charge in [0.05, 0.1) is 28.6 Å². The summed E-state index contributed by atoms with van der Waals surface area (Å²) in [5.41, 5.74) is 4.56. The standard InChI is InChI=1S/C24H20Cl2N2O3S/c1-14-9-17(15(2)28(14)18-5-4-6-19(12-18)31-3)11-22-23(29)27(24(30)32-22)13-16-7-8-20(25)21(26)10-16/h4-12H,13H2,1-3H3/b22-11-. The molecule has 0 aliphatic carbocycles. The van der Waals surface area contributed by atoms with E-state index in [-0.39, 0.29) is 17.7 Å². The third-order valence-electron chi connectivity index (χ3n) is 5.27. The summed E-state index contributed by atoms with van der Waals surface area (Å²) in [4.78, 5) is 27.1. The Hall–Kier alpha value is -2.67. The summed E-state index contributed by atoms with van der Waals surface area (Å²) < 4.78 is 7.43. The highest BCUT2D eigenvalue weighted by Gasteiger charge is 2.35. The maximum Gasteiger partial charge on any atom is 0.293 e. The summed E-state index contributed by atoms with van der Waals surface area (Å²) in [5.74, 6) is 0.442. The van der Waals surface area contributed by atoms with Crippen molar-refractivity contribution < 1.29 is 14.3 Å². The zero-order chi connectivity index (χ0) is 23.0. The van der Waals surface area contributed by atoms with Gasteiger partial charge in [-0.15, -0.1) is 0 Å². The highest BCUT2D eigenvalue weighted by Crippen LogP contribution is 2.35. The first-order valence-corrected chi connectivity index (χ1v) is 11.4. The topological polar surface area (TPSA) is 51.5 Å². The van der Waals surface area contributed by atoms with Gasteiger partial charge in [-0.25, -0.2) is 0 Å². The number of nitrogens with zero attached hydrogens (tertiary/aromatic N) is 2. The lowest BCUT2D eigenvalue weighted by molar-refractivity contribution is -0.123. The predicted octanol–water partition coefficient (Wildman–Crippen LogP) is 6.65. The zero-order valence-electron chi connectivity index (χ0n) is 17.7. The highest BCUT2D eigenvalue weighted by atomic mass is 35.5. The molecule has 0 unspecified atom stereocenters. The second-order valence-corrected chi connectivity index (χ2v) is 9.19. The fraction of sp³-hybridized carbons (Fsp3) is 0.167. The Balaban J connectivity index is 1.62. The van der Waals surface area contributed by atoms with E-state index in [4.69, 9.17) is 27.9 Å². The van der Waals surface area contributed by atoms with Crippen LogP contribution in [0.3, 0.4) is 0 Å². The van der Waals surface area contributed by atoms with Crippen LogP contribution in [-0.4, -0.2) is 27.7 Å². The number of methoxy groups -OCH3 is 1. The van der Waals surface area contributed by atoms with Crippen molar-refractivity contribution in [3.63, 3.8) is 0 Å². The van der Waals surface area contributed by atoms with Crippen LogP contribution in [0.25, 0.3) is 11.8 Å². The van der Waals surface area contributed by atoms with Crippen molar-refractivity contribution in [2.45, 2.75) is 20.4 Å². The van der Waals surface area contributed by atoms with E-state index in [0.717, 1.165) is 45.7 Å². The summed E-state index contributed by atoms with van der Waals surface area (Å²) in [7, 11) is 1.63. The third kappa shape index (κ3) is 4.31. The van der Waals surface area contributed by atoms with Crippen molar-refractivity contribution in [2.75, 3.05) is 7.11 Å². The number of imide groups is 1. The van der Waals surface area contributed by atoms with Crippen molar-refractivity contribution in [3.05, 3.63) is 86.0 Å². The third-order valence-corrected chi connectivity index (χ3v) is 6.91. The minimum atomic E-state index is -0.322. The van der Waals surface area contributed by atoms with Gasteiger partial charge in [0.2, 0.25) is 0 Å². The Bertz CT molecular complexity index is 1270. The van der Waals surface area contributed by atoms with Crippen LogP contribution in [0.15, 0.2) is 53.4 Å². The molecule has 0 atom stereocenters. The molecule has 3 aromatic rings. The lowest BCUT2D eigenvalue weighted by atomic mass is 10.2. The summed E-state index contributed by atoms with van der Waals surface area (Å²) in [6, 6.07) is 14.8. The van der Waals surface area contributed by atoms with Crippen molar-refractivity contribution >= 4 is 52.2 Å². The highest BCUT2D eigenvalue weighted by molar-refractivity contribution is 8.18. The van der Waals surface area contributed by atoms with E-state index in [9.17, 15) is 9.59 Å². The second kappa shape index (κ2) is 9.06. The van der Waals surface area contributed by atoms with E-state index in [1.165, 1.54) is 4.90 Å². The van der Waals surface area contributed by atoms with Crippen molar-refractivity contribution in [2.24, 2.45) is 0 Å². The van der Waals surface area contributed by atoms with Crippen LogP contribution in [0.2, 0.25) is 10.0 Å². The molecule has 0 saturated carbocycles. The van der Waals surface area contributed by atoms with Crippen molar-refractivity contribution in [1.82, 2.24) is 9.47 Å². The summed E-state index contributed by atoms with van der Waals surface area (Å²) in [6.45, 7) is 4.12. The van der Waals surface area contributed by atoms with Gasteiger partial charge in [-0.2, -0.15) is 0 Å². The van der Waals surface area contributed by atoms with E-state index in [2.05, 4.69) is 4.57 Å². The number of halogens is 2. The largest absolute Gasteiger partial charge is 0.497 e. The minimum absolute atomic E-state index is 0.141. The van der Waals surface area contributed by atoms with Crippen molar-refractivity contribution in [1.29, 1.82) is 0 Å². The SMILES string of the molecule is COc1cccc(-n2c(C)cc(/C=C3\SC(=O)N(Cc4ccc(Cl)c(Cl)c4)C3=O)c2C)c1. The number of benzene rings is 2. The van der Waals surface area contributed by atoms with E-state index < -0.39 is 0 Å². The first-order chi connectivity index (χ1) is 15.3. The van der Waals surface area contributed by atoms with Gasteiger partial charge in [-0.05, 0) is 73.1 Å². The smallest absolute Gasteiger partial charge is 0.293 e. The van der Waals surface area contributed by atoms with Gasteiger partial charge < -0.3 is 9.30 Å². The Morgan fingerprint density at radius 2 is 1.81 bits per heavy atom. The monoisotopic (exact) mass is 486 g/mol. The number of hydrogen-bond acceptors (Lipinski definition) is 4. The molecule has 1 aliphatic heterocycles. The number of thioether (sulfide) groups is 1. The summed E-state index contributed by atoms with van der Waals surface area (Å²) in [6.07, 6.45) is 1.78. The normalized spacial score (nSPS) is 15.2. The molecule has 0 radical (unpaired) electrons. The van der Waals surface area contributed by atoms with Crippen molar-refractivity contribution in [3.8, 4) is 11.4 Å². The maximum absolute atomic E-state index is 13.0. The van der Waals surface area contributed by atoms with Gasteiger partial charge >= 0.3 is 0 Å². The number of rotatable bonds is 5. The van der Waals surface area contributed by atoms with E-state index >= 15 is 0 Å². The Morgan fingerprint density at radius 3 is 2.53 bits per heavy atom. The van der Waals surface area contributed by atoms with E-state index in [1.54, 1.807) is 31.4 Å². The molecule has 5 nitrogen and oxygen atoms in total. The molecule has 2 heterocycles. The number of amides is 2. The van der Waals surface area contributed by atoms with Crippen LogP contribution in [0, 0.1) is 13.8 Å². The molecule has 4 rings (SSSR count). The fourth-order valence-electron chi connectivity index (χ4n) is 3.68. The fourth-order valence-corrected chi connectivity index (χ4v) is 4.83. The maximum atomic E-state index is 13.0. The molecule has 1 fully saturated rings. The Labute approximate surface area is 200 Å². The average Bonchev–Trinajstić information content (AvgIpc) is 3.20. The van der Waals surface area contributed by atoms with Crippen LogP contribution in [-0.2, 0) is 11.3 Å². The van der Waals surface area contributed by atoms with E-state index in [0.29, 0.717) is 15.0 Å². The molecule has 164 valence electrons. The molecule has 2 aromatic carbocycles. The molecule has 0 N–H and O–H groups in total. The predicted molar refractivity (Wildman–Crippen MR) is 130 cm³/mol. The van der Waals surface area contributed by atoms with Crippen LogP contribution >= 0.6 is 35.0 Å². The van der Waals surface area contributed by atoms with Gasteiger partial charge in [0.1, 0.15) is 5.75 Å². The first kappa shape index (κ1) is 22.5. The first-order valence-electron chi connectivity index (χ1n) is 9.81. The summed E-state index contributed by atoms with van der Waals surface area (Å²) in [5, 5.41) is 0.501. The van der Waals surface area contributed by atoms with Crippen LogP contribution in [0.4, 0.5) is 4.79 Å². The quantitative estimate of drug-likeness (QED) is 0.379. The zero-order valence-corrected chi connectivity index (χ0v) is 20.0. The van der Waals surface area contributed by atoms with Gasteiger partial charge in [-0.1, -0.05) is 35.3 Å². The van der Waals surface area contributed by atoms with Gasteiger partial charge in [0, 0.05) is 23.1 Å². The molecule has 32 heavy (non-hydrogen) atoms. The average molecular weight is 487 g/mol. The van der Waals surface area contributed by atoms with Gasteiger partial charge in [-0.3, -0.25) is 14.5 Å². The number of carbonyl (C=O) groups excluding carboxylic acids is 2. The molecule has 1 saturated heterocycles. The molecule has 0 bridgehead atoms. The number of aromatic nitrogens is 1. The van der Waals surface area contributed by atoms with E-state index in [1.807, 2.05) is 44.2 Å². The lowest BCUT2D eigenvalue weighted by Crippen LogP contribution is -2.27. The molecular formula is C24H20Cl2N2O3S. The molecular weight excluding hydrogens is 467 g/mol. The Kier molecular flexibility index (Phi) is 6.38. The molecule has 8 heteroatoms. The summed E-state index contributed by atoms with van der Waals surface area (Å²) >= 11 is 13.0. The molecule has 1 aliphatic rings. The minimum Gasteiger partial charge on any atom is -0.497 e. The Morgan fingerprint density at radius 1 is 1.03 bits per heavy atom. The number of carbonyl (C=O) groups is 2. The van der Waals surface area contributed by atoms with Crippen LogP contribution in [0.5, 0.6) is 5.75 Å². The van der Waals surface area contributed by atoms with Crippen LogP contribution in [0.1, 0.15) is 22.5 Å². The number of ether oxygens (including phenoxy) is 1. The lowest BCUT2D eigenvalue weighted by Gasteiger charge is -2.13. The van der Waals surface area contributed by atoms with Gasteiger partial charge in [0.15, 0.2) is 0 Å². The van der Waals surface area contributed by atoms with Gasteiger partial charge in [0.25, 0.3) is 11.1 Å². The molecule has 1 aromatic heterocycles. The number of hydrogen-bond donors (Lipinski definition) is 0.